The summed E-state index contributed by atoms with van der Waals surface area (Å²) in [6.07, 6.45) is 1.67. The summed E-state index contributed by atoms with van der Waals surface area (Å²) in [5.74, 6) is -0.897. The predicted molar refractivity (Wildman–Crippen MR) is 61.4 cm³/mol. The maximum Gasteiger partial charge on any atom is 0.323 e. The fourth-order valence-corrected chi connectivity index (χ4v) is 1.62. The second-order valence-electron chi connectivity index (χ2n) is 3.62. The van der Waals surface area contributed by atoms with Gasteiger partial charge in [0.25, 0.3) is 0 Å². The number of H-pyrrole nitrogens is 1. The van der Waals surface area contributed by atoms with Gasteiger partial charge in [-0.15, -0.1) is 0 Å². The molecule has 0 aliphatic rings. The highest BCUT2D eigenvalue weighted by molar-refractivity contribution is 5.89. The molecule has 6 nitrogen and oxygen atoms in total. The van der Waals surface area contributed by atoms with Crippen molar-refractivity contribution in [3.63, 3.8) is 0 Å². The standard InChI is InChI=1S/C10H12N4O2/c1-14(5-10(15)16)9-3-8-6(2-7(9)11)4-12-13-8/h2-4H,5,11H2,1H3,(H,12,13)(H,15,16). The Balaban J connectivity index is 2.42. The minimum Gasteiger partial charge on any atom is -0.480 e. The third-order valence-electron chi connectivity index (χ3n) is 2.37. The number of aromatic nitrogens is 2. The first kappa shape index (κ1) is 10.3. The van der Waals surface area contributed by atoms with Gasteiger partial charge in [0.05, 0.1) is 23.1 Å². The highest BCUT2D eigenvalue weighted by atomic mass is 16.4. The molecule has 0 saturated heterocycles. The first-order chi connectivity index (χ1) is 7.58. The van der Waals surface area contributed by atoms with Gasteiger partial charge < -0.3 is 15.7 Å². The Morgan fingerprint density at radius 2 is 2.38 bits per heavy atom. The Morgan fingerprint density at radius 3 is 3.06 bits per heavy atom. The Kier molecular flexibility index (Phi) is 2.40. The smallest absolute Gasteiger partial charge is 0.323 e. The zero-order valence-corrected chi connectivity index (χ0v) is 8.77. The number of benzene rings is 1. The summed E-state index contributed by atoms with van der Waals surface area (Å²) in [5, 5.41) is 16.3. The average Bonchev–Trinajstić information content (AvgIpc) is 2.61. The molecule has 4 N–H and O–H groups in total. The molecule has 0 spiro atoms. The Bertz CT molecular complexity index is 535. The Hall–Kier alpha value is -2.24. The molecule has 1 heterocycles. The van der Waals surface area contributed by atoms with Crippen LogP contribution in [0, 0.1) is 0 Å². The van der Waals surface area contributed by atoms with Crippen molar-refractivity contribution in [3.05, 3.63) is 18.3 Å². The topological polar surface area (TPSA) is 95.2 Å². The largest absolute Gasteiger partial charge is 0.480 e. The monoisotopic (exact) mass is 220 g/mol. The van der Waals surface area contributed by atoms with Gasteiger partial charge in [0, 0.05) is 12.4 Å². The van der Waals surface area contributed by atoms with Gasteiger partial charge >= 0.3 is 5.97 Å². The molecular formula is C10H12N4O2. The van der Waals surface area contributed by atoms with E-state index in [9.17, 15) is 4.79 Å². The predicted octanol–water partition coefficient (Wildman–Crippen LogP) is 0.666. The van der Waals surface area contributed by atoms with Crippen molar-refractivity contribution in [2.45, 2.75) is 0 Å². The van der Waals surface area contributed by atoms with Crippen molar-refractivity contribution in [1.29, 1.82) is 0 Å². The second-order valence-corrected chi connectivity index (χ2v) is 3.62. The van der Waals surface area contributed by atoms with Crippen molar-refractivity contribution in [1.82, 2.24) is 10.2 Å². The summed E-state index contributed by atoms with van der Waals surface area (Å²) in [7, 11) is 1.68. The van der Waals surface area contributed by atoms with Crippen LogP contribution in [0.4, 0.5) is 11.4 Å². The summed E-state index contributed by atoms with van der Waals surface area (Å²) >= 11 is 0. The zero-order chi connectivity index (χ0) is 11.7. The molecule has 2 aromatic rings. The van der Waals surface area contributed by atoms with Gasteiger partial charge in [-0.05, 0) is 12.1 Å². The van der Waals surface area contributed by atoms with E-state index in [1.807, 2.05) is 0 Å². The lowest BCUT2D eigenvalue weighted by Gasteiger charge is -2.18. The number of carboxylic acid groups (broad SMARTS) is 1. The van der Waals surface area contributed by atoms with Gasteiger partial charge in [0.1, 0.15) is 6.54 Å². The van der Waals surface area contributed by atoms with Gasteiger partial charge in [0.2, 0.25) is 0 Å². The van der Waals surface area contributed by atoms with Crippen molar-refractivity contribution in [2.24, 2.45) is 0 Å². The molecule has 0 saturated carbocycles. The number of anilines is 2. The van der Waals surface area contributed by atoms with Crippen LogP contribution in [-0.2, 0) is 4.79 Å². The molecule has 0 amide bonds. The number of carbonyl (C=O) groups is 1. The molecule has 0 aliphatic heterocycles. The lowest BCUT2D eigenvalue weighted by Crippen LogP contribution is -2.25. The minimum atomic E-state index is -0.897. The molecule has 0 aliphatic carbocycles. The maximum atomic E-state index is 10.6. The van der Waals surface area contributed by atoms with E-state index in [4.69, 9.17) is 10.8 Å². The van der Waals surface area contributed by atoms with Crippen LogP contribution in [0.5, 0.6) is 0 Å². The fraction of sp³-hybridized carbons (Fsp3) is 0.200. The molecule has 0 unspecified atom stereocenters. The van der Waals surface area contributed by atoms with Crippen molar-refractivity contribution in [3.8, 4) is 0 Å². The highest BCUT2D eigenvalue weighted by Crippen LogP contribution is 2.27. The number of likely N-dealkylation sites (N-methyl/N-ethyl adjacent to an activating group) is 1. The minimum absolute atomic E-state index is 0.0934. The van der Waals surface area contributed by atoms with Crippen LogP contribution in [0.15, 0.2) is 18.3 Å². The van der Waals surface area contributed by atoms with Gasteiger partial charge in [-0.3, -0.25) is 9.89 Å². The van der Waals surface area contributed by atoms with Crippen LogP contribution >= 0.6 is 0 Å². The molecule has 84 valence electrons. The number of fused-ring (bicyclic) bond motifs is 1. The number of nitrogens with zero attached hydrogens (tertiary/aromatic N) is 2. The molecule has 1 aromatic carbocycles. The van der Waals surface area contributed by atoms with Crippen molar-refractivity contribution >= 4 is 28.2 Å². The van der Waals surface area contributed by atoms with E-state index >= 15 is 0 Å². The Morgan fingerprint density at radius 1 is 1.62 bits per heavy atom. The third kappa shape index (κ3) is 1.77. The zero-order valence-electron chi connectivity index (χ0n) is 8.77. The van der Waals surface area contributed by atoms with Crippen LogP contribution in [-0.4, -0.2) is 34.9 Å². The van der Waals surface area contributed by atoms with Gasteiger partial charge in [-0.25, -0.2) is 0 Å². The first-order valence-electron chi connectivity index (χ1n) is 4.73. The number of aromatic amines is 1. The SMILES string of the molecule is CN(CC(=O)O)c1cc2[nH]ncc2cc1N. The van der Waals surface area contributed by atoms with E-state index in [2.05, 4.69) is 10.2 Å². The number of nitrogen functional groups attached to an aromatic ring is 1. The molecule has 16 heavy (non-hydrogen) atoms. The maximum absolute atomic E-state index is 10.6. The number of aliphatic carboxylic acids is 1. The van der Waals surface area contributed by atoms with E-state index < -0.39 is 5.97 Å². The number of nitrogens with two attached hydrogens (primary N) is 1. The van der Waals surface area contributed by atoms with Crippen LogP contribution < -0.4 is 10.6 Å². The summed E-state index contributed by atoms with van der Waals surface area (Å²) < 4.78 is 0. The van der Waals surface area contributed by atoms with Crippen LogP contribution in [0.2, 0.25) is 0 Å². The average molecular weight is 220 g/mol. The van der Waals surface area contributed by atoms with Crippen LogP contribution in [0.1, 0.15) is 0 Å². The van der Waals surface area contributed by atoms with Crippen LogP contribution in [0.3, 0.4) is 0 Å². The summed E-state index contributed by atoms with van der Waals surface area (Å²) in [6, 6.07) is 3.56. The Labute approximate surface area is 91.7 Å². The lowest BCUT2D eigenvalue weighted by atomic mass is 10.2. The van der Waals surface area contributed by atoms with E-state index in [1.54, 1.807) is 30.3 Å². The molecule has 1 aromatic heterocycles. The molecular weight excluding hydrogens is 208 g/mol. The highest BCUT2D eigenvalue weighted by Gasteiger charge is 2.10. The van der Waals surface area contributed by atoms with Gasteiger partial charge in [-0.1, -0.05) is 0 Å². The molecule has 6 heteroatoms. The van der Waals surface area contributed by atoms with Crippen LogP contribution in [0.25, 0.3) is 10.9 Å². The molecule has 0 radical (unpaired) electrons. The van der Waals surface area contributed by atoms with E-state index in [0.717, 1.165) is 10.9 Å². The van der Waals surface area contributed by atoms with E-state index in [-0.39, 0.29) is 6.54 Å². The third-order valence-corrected chi connectivity index (χ3v) is 2.37. The van der Waals surface area contributed by atoms with Crippen molar-refractivity contribution < 1.29 is 9.90 Å². The van der Waals surface area contributed by atoms with Crippen molar-refractivity contribution in [2.75, 3.05) is 24.2 Å². The molecule has 0 bridgehead atoms. The van der Waals surface area contributed by atoms with E-state index in [0.29, 0.717) is 11.4 Å². The molecule has 0 fully saturated rings. The normalized spacial score (nSPS) is 10.6. The quantitative estimate of drug-likeness (QED) is 0.660. The van der Waals surface area contributed by atoms with Gasteiger partial charge in [-0.2, -0.15) is 5.10 Å². The fourth-order valence-electron chi connectivity index (χ4n) is 1.62. The number of hydrogen-bond acceptors (Lipinski definition) is 4. The summed E-state index contributed by atoms with van der Waals surface area (Å²) in [5.41, 5.74) is 7.90. The molecule has 2 rings (SSSR count). The summed E-state index contributed by atoms with van der Waals surface area (Å²) in [6.45, 7) is -0.0934. The summed E-state index contributed by atoms with van der Waals surface area (Å²) in [4.78, 5) is 12.2. The number of carboxylic acids is 1. The number of rotatable bonds is 3. The first-order valence-corrected chi connectivity index (χ1v) is 4.73. The van der Waals surface area contributed by atoms with Gasteiger partial charge in [0.15, 0.2) is 0 Å². The molecule has 0 atom stereocenters. The number of nitrogens with one attached hydrogen (secondary N) is 1. The number of hydrogen-bond donors (Lipinski definition) is 3. The van der Waals surface area contributed by atoms with E-state index in [1.165, 1.54) is 0 Å². The second kappa shape index (κ2) is 3.73. The lowest BCUT2D eigenvalue weighted by molar-refractivity contribution is -0.135.